The van der Waals surface area contributed by atoms with E-state index in [0.717, 1.165) is 15.0 Å². The second-order valence-electron chi connectivity index (χ2n) is 8.10. The van der Waals surface area contributed by atoms with Crippen LogP contribution in [0.1, 0.15) is 23.3 Å². The molecular formula is C20H23ClN6O4S3. The van der Waals surface area contributed by atoms with E-state index in [1.807, 2.05) is 13.8 Å². The van der Waals surface area contributed by atoms with Gasteiger partial charge in [0.2, 0.25) is 5.91 Å². The largest absolute Gasteiger partial charge is 0.477 e. The van der Waals surface area contributed by atoms with Crippen molar-refractivity contribution >= 4 is 64.2 Å². The van der Waals surface area contributed by atoms with Crippen molar-refractivity contribution in [1.82, 2.24) is 30.2 Å². The molecule has 0 saturated carbocycles. The number of halogens is 1. The lowest BCUT2D eigenvalue weighted by Gasteiger charge is -2.49. The number of aromatic nitrogens is 4. The molecule has 2 amide bonds. The molecule has 2 aliphatic rings. The quantitative estimate of drug-likeness (QED) is 0.381. The third kappa shape index (κ3) is 4.70. The molecule has 2 aromatic rings. The summed E-state index contributed by atoms with van der Waals surface area (Å²) in [5.41, 5.74) is 2.12. The summed E-state index contributed by atoms with van der Waals surface area (Å²) in [6.07, 6.45) is 0. The molecule has 3 atom stereocenters. The minimum atomic E-state index is -1.15. The highest BCUT2D eigenvalue weighted by molar-refractivity contribution is 8.01. The van der Waals surface area contributed by atoms with E-state index in [0.29, 0.717) is 34.3 Å². The standard InChI is InChI=1S/C20H23ClN6O4S3/c1-8(5-26-10(3)13(21)9(2)25-26)16(28)22-14-17(29)27-15(19(30)31)12(6-32-18(14)27)7-33-20-24-23-11(4)34-20/h8,14,18H,5-7H2,1-4H3,(H,22,28)(H,30,31)/t8-,14-,18+/m0/s1. The van der Waals surface area contributed by atoms with Gasteiger partial charge in [-0.2, -0.15) is 5.10 Å². The highest BCUT2D eigenvalue weighted by Crippen LogP contribution is 2.41. The highest BCUT2D eigenvalue weighted by atomic mass is 35.5. The van der Waals surface area contributed by atoms with E-state index in [9.17, 15) is 19.5 Å². The van der Waals surface area contributed by atoms with Crippen LogP contribution in [-0.4, -0.2) is 70.7 Å². The topological polar surface area (TPSA) is 130 Å². The minimum absolute atomic E-state index is 0.00156. The molecule has 0 spiro atoms. The second kappa shape index (κ2) is 9.88. The Kier molecular flexibility index (Phi) is 7.27. The third-order valence-corrected chi connectivity index (χ3v) is 9.56. The maximum atomic E-state index is 12.9. The van der Waals surface area contributed by atoms with Crippen molar-refractivity contribution < 1.29 is 19.5 Å². The summed E-state index contributed by atoms with van der Waals surface area (Å²) >= 11 is 10.5. The number of β-lactam (4-membered cyclic amide) rings is 1. The summed E-state index contributed by atoms with van der Waals surface area (Å²) in [6, 6.07) is -0.765. The van der Waals surface area contributed by atoms with Crippen molar-refractivity contribution in [2.45, 2.75) is 50.0 Å². The van der Waals surface area contributed by atoms with Crippen molar-refractivity contribution in [2.24, 2.45) is 5.92 Å². The van der Waals surface area contributed by atoms with Gasteiger partial charge in [0.25, 0.3) is 5.91 Å². The highest BCUT2D eigenvalue weighted by Gasteiger charge is 2.54. The van der Waals surface area contributed by atoms with Gasteiger partial charge in [0.1, 0.15) is 22.1 Å². The molecule has 0 aromatic carbocycles. The van der Waals surface area contributed by atoms with E-state index in [1.54, 1.807) is 18.5 Å². The van der Waals surface area contributed by atoms with Crippen LogP contribution < -0.4 is 5.32 Å². The molecular weight excluding hydrogens is 520 g/mol. The molecule has 10 nitrogen and oxygen atoms in total. The van der Waals surface area contributed by atoms with Gasteiger partial charge in [-0.25, -0.2) is 4.79 Å². The number of carbonyl (C=O) groups excluding carboxylic acids is 2. The van der Waals surface area contributed by atoms with E-state index in [1.165, 1.54) is 39.8 Å². The van der Waals surface area contributed by atoms with Crippen LogP contribution in [0.15, 0.2) is 15.6 Å². The monoisotopic (exact) mass is 542 g/mol. The van der Waals surface area contributed by atoms with Crippen LogP contribution in [0, 0.1) is 26.7 Å². The van der Waals surface area contributed by atoms with Gasteiger partial charge in [0, 0.05) is 11.5 Å². The third-order valence-electron chi connectivity index (χ3n) is 5.61. The number of nitrogens with one attached hydrogen (secondary N) is 1. The maximum Gasteiger partial charge on any atom is 0.352 e. The summed E-state index contributed by atoms with van der Waals surface area (Å²) in [6.45, 7) is 7.56. The number of hydrogen-bond donors (Lipinski definition) is 2. The first-order chi connectivity index (χ1) is 16.1. The Morgan fingerprint density at radius 1 is 1.32 bits per heavy atom. The molecule has 4 rings (SSSR count). The summed E-state index contributed by atoms with van der Waals surface area (Å²) in [5, 5.41) is 25.9. The Morgan fingerprint density at radius 2 is 2.06 bits per heavy atom. The van der Waals surface area contributed by atoms with Gasteiger partial charge in [-0.3, -0.25) is 19.2 Å². The number of carbonyl (C=O) groups is 3. The number of nitrogens with zero attached hydrogens (tertiary/aromatic N) is 5. The molecule has 0 radical (unpaired) electrons. The van der Waals surface area contributed by atoms with Crippen molar-refractivity contribution in [2.75, 3.05) is 11.5 Å². The fraction of sp³-hybridized carbons (Fsp3) is 0.500. The van der Waals surface area contributed by atoms with Crippen molar-refractivity contribution in [3.63, 3.8) is 0 Å². The van der Waals surface area contributed by atoms with Crippen LogP contribution in [0.5, 0.6) is 0 Å². The van der Waals surface area contributed by atoms with Crippen LogP contribution >= 0.6 is 46.5 Å². The van der Waals surface area contributed by atoms with E-state index >= 15 is 0 Å². The van der Waals surface area contributed by atoms with Crippen LogP contribution in [0.2, 0.25) is 5.02 Å². The number of carboxylic acid groups (broad SMARTS) is 1. The number of aliphatic carboxylic acids is 1. The van der Waals surface area contributed by atoms with Gasteiger partial charge in [-0.1, -0.05) is 41.6 Å². The van der Waals surface area contributed by atoms with Gasteiger partial charge in [0.05, 0.1) is 28.9 Å². The summed E-state index contributed by atoms with van der Waals surface area (Å²) < 4.78 is 2.43. The number of rotatable bonds is 8. The molecule has 0 aliphatic carbocycles. The zero-order valence-electron chi connectivity index (χ0n) is 18.9. The molecule has 1 fully saturated rings. The van der Waals surface area contributed by atoms with Crippen molar-refractivity contribution in [1.29, 1.82) is 0 Å². The predicted molar refractivity (Wildman–Crippen MR) is 131 cm³/mol. The molecule has 4 heterocycles. The lowest BCUT2D eigenvalue weighted by molar-refractivity contribution is -0.151. The average Bonchev–Trinajstić information content (AvgIpc) is 3.32. The van der Waals surface area contributed by atoms with E-state index in [-0.39, 0.29) is 11.6 Å². The van der Waals surface area contributed by atoms with Crippen molar-refractivity contribution in [3.8, 4) is 0 Å². The molecule has 14 heteroatoms. The van der Waals surface area contributed by atoms with E-state index in [2.05, 4.69) is 20.6 Å². The Hall–Kier alpha value is -2.09. The molecule has 34 heavy (non-hydrogen) atoms. The van der Waals surface area contributed by atoms with Crippen LogP contribution in [0.4, 0.5) is 0 Å². The second-order valence-corrected chi connectivity index (χ2v) is 12.0. The molecule has 182 valence electrons. The molecule has 0 bridgehead atoms. The van der Waals surface area contributed by atoms with E-state index < -0.39 is 29.2 Å². The maximum absolute atomic E-state index is 12.9. The summed E-state index contributed by atoms with van der Waals surface area (Å²) in [5.74, 6) is -1.47. The first-order valence-corrected chi connectivity index (χ1v) is 13.6. The van der Waals surface area contributed by atoms with Crippen molar-refractivity contribution in [3.05, 3.63) is 32.7 Å². The lowest BCUT2D eigenvalue weighted by Crippen LogP contribution is -2.71. The zero-order chi connectivity index (χ0) is 24.7. The number of fused-ring (bicyclic) bond motifs is 1. The number of thioether (sulfide) groups is 2. The summed E-state index contributed by atoms with van der Waals surface area (Å²) in [4.78, 5) is 39.0. The Balaban J connectivity index is 1.41. The number of aryl methyl sites for hydroxylation is 2. The van der Waals surface area contributed by atoms with E-state index in [4.69, 9.17) is 11.6 Å². The Bertz CT molecular complexity index is 1200. The van der Waals surface area contributed by atoms with Gasteiger partial charge in [-0.05, 0) is 26.3 Å². The van der Waals surface area contributed by atoms with Gasteiger partial charge >= 0.3 is 5.97 Å². The first-order valence-electron chi connectivity index (χ1n) is 10.4. The average molecular weight is 543 g/mol. The fourth-order valence-corrected chi connectivity index (χ4v) is 7.21. The smallest absolute Gasteiger partial charge is 0.352 e. The Morgan fingerprint density at radius 3 is 2.65 bits per heavy atom. The van der Waals surface area contributed by atoms with Crippen LogP contribution in [-0.2, 0) is 20.9 Å². The van der Waals surface area contributed by atoms with Gasteiger partial charge in [0.15, 0.2) is 4.34 Å². The normalized spacial score (nSPS) is 20.7. The van der Waals surface area contributed by atoms with Crippen LogP contribution in [0.3, 0.4) is 0 Å². The first kappa shape index (κ1) is 25.0. The summed E-state index contributed by atoms with van der Waals surface area (Å²) in [7, 11) is 0. The zero-order valence-corrected chi connectivity index (χ0v) is 22.1. The number of carboxylic acids is 1. The van der Waals surface area contributed by atoms with Gasteiger partial charge < -0.3 is 10.4 Å². The van der Waals surface area contributed by atoms with Gasteiger partial charge in [-0.15, -0.1) is 22.0 Å². The lowest BCUT2D eigenvalue weighted by atomic mass is 10.0. The number of hydrogen-bond acceptors (Lipinski definition) is 9. The predicted octanol–water partition coefficient (Wildman–Crippen LogP) is 2.48. The molecule has 1 saturated heterocycles. The molecule has 2 aliphatic heterocycles. The minimum Gasteiger partial charge on any atom is -0.477 e. The molecule has 2 N–H and O–H groups in total. The SMILES string of the molecule is Cc1nnc(SCC2=C(C(=O)O)N3C(=O)[C@H](NC(=O)[C@@H](C)Cn4nc(C)c(Cl)c4C)[C@H]3SC2)s1. The van der Waals surface area contributed by atoms with Crippen LogP contribution in [0.25, 0.3) is 0 Å². The molecule has 0 unspecified atom stereocenters. The number of amides is 2. The fourth-order valence-electron chi connectivity index (χ4n) is 3.77. The Labute approximate surface area is 213 Å². The molecule has 2 aromatic heterocycles.